The second kappa shape index (κ2) is 6.08. The highest BCUT2D eigenvalue weighted by Gasteiger charge is 2.15. The summed E-state index contributed by atoms with van der Waals surface area (Å²) in [7, 11) is 0. The summed E-state index contributed by atoms with van der Waals surface area (Å²) in [6, 6.07) is 25.6. The molecule has 0 amide bonds. The molecular weight excluding hydrogens is 316 g/mol. The van der Waals surface area contributed by atoms with Gasteiger partial charge in [0.05, 0.1) is 0 Å². The lowest BCUT2D eigenvalue weighted by Gasteiger charge is -2.17. The minimum Gasteiger partial charge on any atom is -0.265 e. The van der Waals surface area contributed by atoms with Gasteiger partial charge in [0.2, 0.25) is 0 Å². The summed E-state index contributed by atoms with van der Waals surface area (Å²) in [4.78, 5) is 8.38. The van der Waals surface area contributed by atoms with Crippen LogP contribution in [0.25, 0.3) is 43.8 Å². The van der Waals surface area contributed by atoms with Crippen LogP contribution in [0.2, 0.25) is 0 Å². The average Bonchev–Trinajstić information content (AvgIpc) is 2.73. The quantitative estimate of drug-likeness (QED) is 0.364. The number of nitrogens with zero attached hydrogens (tertiary/aromatic N) is 2. The van der Waals surface area contributed by atoms with Gasteiger partial charge in [-0.2, -0.15) is 0 Å². The molecule has 0 N–H and O–H groups in total. The molecule has 0 atom stereocenters. The SMILES string of the molecule is c1ccc2c(-c3ccncc3)c3ccccc3c(-c3ccncc3)c2c1. The first-order chi connectivity index (χ1) is 12.9. The molecule has 2 nitrogen and oxygen atoms in total. The molecule has 0 radical (unpaired) electrons. The summed E-state index contributed by atoms with van der Waals surface area (Å²) in [5.41, 5.74) is 4.90. The van der Waals surface area contributed by atoms with Crippen LogP contribution in [0, 0.1) is 0 Å². The van der Waals surface area contributed by atoms with Gasteiger partial charge in [-0.15, -0.1) is 0 Å². The van der Waals surface area contributed by atoms with Crippen LogP contribution in [-0.2, 0) is 0 Å². The lowest BCUT2D eigenvalue weighted by molar-refractivity contribution is 1.33. The second-order valence-corrected chi connectivity index (χ2v) is 6.31. The van der Waals surface area contributed by atoms with Crippen LogP contribution in [-0.4, -0.2) is 9.97 Å². The molecule has 2 aromatic heterocycles. The van der Waals surface area contributed by atoms with E-state index in [0.29, 0.717) is 0 Å². The standard InChI is InChI=1S/C24H16N2/c1-2-6-20-19(5-1)23(17-9-13-25-14-10-17)21-7-3-4-8-22(21)24(20)18-11-15-26-16-12-18/h1-16H. The van der Waals surface area contributed by atoms with Crippen molar-refractivity contribution < 1.29 is 0 Å². The first kappa shape index (κ1) is 14.8. The average molecular weight is 332 g/mol. The van der Waals surface area contributed by atoms with E-state index in [9.17, 15) is 0 Å². The lowest BCUT2D eigenvalue weighted by Crippen LogP contribution is -1.90. The van der Waals surface area contributed by atoms with E-state index < -0.39 is 0 Å². The summed E-state index contributed by atoms with van der Waals surface area (Å²) in [6.07, 6.45) is 7.43. The topological polar surface area (TPSA) is 25.8 Å². The first-order valence-corrected chi connectivity index (χ1v) is 8.68. The number of aromatic nitrogens is 2. The Balaban J connectivity index is 2.02. The van der Waals surface area contributed by atoms with E-state index in [0.717, 1.165) is 0 Å². The number of hydrogen-bond acceptors (Lipinski definition) is 2. The van der Waals surface area contributed by atoms with E-state index in [4.69, 9.17) is 0 Å². The number of fused-ring (bicyclic) bond motifs is 2. The van der Waals surface area contributed by atoms with Crippen molar-refractivity contribution in [2.75, 3.05) is 0 Å². The molecule has 0 bridgehead atoms. The van der Waals surface area contributed by atoms with Gasteiger partial charge in [0.1, 0.15) is 0 Å². The minimum absolute atomic E-state index is 1.19. The van der Waals surface area contributed by atoms with Crippen LogP contribution >= 0.6 is 0 Å². The lowest BCUT2D eigenvalue weighted by atomic mass is 9.86. The largest absolute Gasteiger partial charge is 0.265 e. The second-order valence-electron chi connectivity index (χ2n) is 6.31. The Hall–Kier alpha value is -3.52. The zero-order valence-corrected chi connectivity index (χ0v) is 14.1. The third kappa shape index (κ3) is 2.27. The number of rotatable bonds is 2. The first-order valence-electron chi connectivity index (χ1n) is 8.68. The molecule has 0 saturated carbocycles. The molecule has 0 saturated heterocycles. The van der Waals surface area contributed by atoms with Crippen molar-refractivity contribution in [3.8, 4) is 22.3 Å². The zero-order valence-electron chi connectivity index (χ0n) is 14.1. The Kier molecular flexibility index (Phi) is 3.46. The normalized spacial score (nSPS) is 11.1. The van der Waals surface area contributed by atoms with Gasteiger partial charge in [-0.25, -0.2) is 0 Å². The predicted octanol–water partition coefficient (Wildman–Crippen LogP) is 6.12. The van der Waals surface area contributed by atoms with Gasteiger partial charge in [0.25, 0.3) is 0 Å². The van der Waals surface area contributed by atoms with Gasteiger partial charge in [0, 0.05) is 24.8 Å². The van der Waals surface area contributed by atoms with Crippen molar-refractivity contribution in [1.29, 1.82) is 0 Å². The van der Waals surface area contributed by atoms with Gasteiger partial charge in [-0.05, 0) is 68.1 Å². The molecule has 0 unspecified atom stereocenters. The van der Waals surface area contributed by atoms with Crippen LogP contribution < -0.4 is 0 Å². The Morgan fingerprint density at radius 3 is 1.00 bits per heavy atom. The van der Waals surface area contributed by atoms with Crippen LogP contribution in [0.15, 0.2) is 97.6 Å². The molecule has 0 spiro atoms. The molecule has 0 aliphatic rings. The Morgan fingerprint density at radius 2 is 0.692 bits per heavy atom. The maximum atomic E-state index is 4.19. The fourth-order valence-corrected chi connectivity index (χ4v) is 3.79. The highest BCUT2D eigenvalue weighted by atomic mass is 14.6. The molecule has 0 aliphatic heterocycles. The van der Waals surface area contributed by atoms with E-state index in [1.54, 1.807) is 0 Å². The van der Waals surface area contributed by atoms with Crippen molar-refractivity contribution in [2.24, 2.45) is 0 Å². The van der Waals surface area contributed by atoms with E-state index >= 15 is 0 Å². The molecular formula is C24H16N2. The molecule has 2 heterocycles. The van der Waals surface area contributed by atoms with Gasteiger partial charge in [-0.3, -0.25) is 9.97 Å². The van der Waals surface area contributed by atoms with Crippen LogP contribution in [0.1, 0.15) is 0 Å². The van der Waals surface area contributed by atoms with E-state index in [1.807, 2.05) is 24.8 Å². The van der Waals surface area contributed by atoms with Gasteiger partial charge in [0.15, 0.2) is 0 Å². The summed E-state index contributed by atoms with van der Waals surface area (Å²) in [5, 5.41) is 5.02. The number of benzene rings is 3. The molecule has 26 heavy (non-hydrogen) atoms. The van der Waals surface area contributed by atoms with Crippen LogP contribution in [0.5, 0.6) is 0 Å². The monoisotopic (exact) mass is 332 g/mol. The molecule has 5 aromatic rings. The third-order valence-corrected chi connectivity index (χ3v) is 4.87. The molecule has 122 valence electrons. The molecule has 0 aliphatic carbocycles. The maximum absolute atomic E-state index is 4.19. The Labute approximate surface area is 151 Å². The van der Waals surface area contributed by atoms with Crippen molar-refractivity contribution in [2.45, 2.75) is 0 Å². The summed E-state index contributed by atoms with van der Waals surface area (Å²) in [6.45, 7) is 0. The number of pyridine rings is 2. The minimum atomic E-state index is 1.19. The summed E-state index contributed by atoms with van der Waals surface area (Å²) >= 11 is 0. The van der Waals surface area contributed by atoms with Gasteiger partial charge >= 0.3 is 0 Å². The Bertz CT molecular complexity index is 1060. The summed E-state index contributed by atoms with van der Waals surface area (Å²) in [5.74, 6) is 0. The third-order valence-electron chi connectivity index (χ3n) is 4.87. The van der Waals surface area contributed by atoms with E-state index in [-0.39, 0.29) is 0 Å². The fourth-order valence-electron chi connectivity index (χ4n) is 3.79. The molecule has 0 fully saturated rings. The van der Waals surface area contributed by atoms with Gasteiger partial charge < -0.3 is 0 Å². The van der Waals surface area contributed by atoms with Crippen molar-refractivity contribution in [3.63, 3.8) is 0 Å². The highest BCUT2D eigenvalue weighted by Crippen LogP contribution is 2.43. The van der Waals surface area contributed by atoms with E-state index in [2.05, 4.69) is 82.8 Å². The maximum Gasteiger partial charge on any atom is 0.0273 e. The zero-order chi connectivity index (χ0) is 17.3. The number of hydrogen-bond donors (Lipinski definition) is 0. The smallest absolute Gasteiger partial charge is 0.0273 e. The van der Waals surface area contributed by atoms with E-state index in [1.165, 1.54) is 43.8 Å². The van der Waals surface area contributed by atoms with Crippen LogP contribution in [0.3, 0.4) is 0 Å². The predicted molar refractivity (Wildman–Crippen MR) is 108 cm³/mol. The molecule has 5 rings (SSSR count). The Morgan fingerprint density at radius 1 is 0.385 bits per heavy atom. The highest BCUT2D eigenvalue weighted by molar-refractivity contribution is 6.21. The molecule has 3 aromatic carbocycles. The molecule has 2 heteroatoms. The van der Waals surface area contributed by atoms with Crippen molar-refractivity contribution >= 4 is 21.5 Å². The summed E-state index contributed by atoms with van der Waals surface area (Å²) < 4.78 is 0. The van der Waals surface area contributed by atoms with Crippen molar-refractivity contribution in [1.82, 2.24) is 9.97 Å². The van der Waals surface area contributed by atoms with Gasteiger partial charge in [-0.1, -0.05) is 48.5 Å². The van der Waals surface area contributed by atoms with Crippen molar-refractivity contribution in [3.05, 3.63) is 97.6 Å². The van der Waals surface area contributed by atoms with Crippen LogP contribution in [0.4, 0.5) is 0 Å². The fraction of sp³-hybridized carbons (Fsp3) is 0.